The summed E-state index contributed by atoms with van der Waals surface area (Å²) in [4.78, 5) is 36.8. The number of carbonyl (C=O) groups excluding carboxylic acids is 3. The Labute approximate surface area is 176 Å². The maximum atomic E-state index is 12.9. The third-order valence-corrected chi connectivity index (χ3v) is 6.85. The second kappa shape index (κ2) is 8.66. The fourth-order valence-electron chi connectivity index (χ4n) is 5.97. The largest absolute Gasteiger partial charge is 0.497 e. The van der Waals surface area contributed by atoms with Gasteiger partial charge in [0.1, 0.15) is 5.75 Å². The second-order valence-electron chi connectivity index (χ2n) is 9.14. The van der Waals surface area contributed by atoms with Crippen molar-refractivity contribution in [2.45, 2.75) is 44.9 Å². The van der Waals surface area contributed by atoms with E-state index in [-0.39, 0.29) is 30.9 Å². The zero-order valence-corrected chi connectivity index (χ0v) is 17.4. The highest BCUT2D eigenvalue weighted by atomic mass is 16.5. The van der Waals surface area contributed by atoms with Crippen LogP contribution in [0.4, 0.5) is 5.69 Å². The topological polar surface area (TPSA) is 93.7 Å². The molecule has 0 aliphatic heterocycles. The van der Waals surface area contributed by atoms with Crippen LogP contribution in [0.3, 0.4) is 0 Å². The molecule has 0 heterocycles. The molecule has 4 bridgehead atoms. The minimum Gasteiger partial charge on any atom is -0.497 e. The van der Waals surface area contributed by atoms with Crippen molar-refractivity contribution < 1.29 is 23.9 Å². The summed E-state index contributed by atoms with van der Waals surface area (Å²) in [6.45, 7) is -0.115. The molecular weight excluding hydrogens is 384 g/mol. The molecule has 7 heteroatoms. The summed E-state index contributed by atoms with van der Waals surface area (Å²) in [6.07, 6.45) is 6.92. The monoisotopic (exact) mass is 414 g/mol. The number of anilines is 1. The Morgan fingerprint density at radius 3 is 2.37 bits per heavy atom. The van der Waals surface area contributed by atoms with Crippen molar-refractivity contribution >= 4 is 23.5 Å². The SMILES string of the molecule is COc1cccc(NC(=O)COC(=O)CCNC(=O)C23CC4CC(CC(C4)C2)C3)c1. The van der Waals surface area contributed by atoms with Crippen LogP contribution in [0, 0.1) is 23.2 Å². The highest BCUT2D eigenvalue weighted by Crippen LogP contribution is 2.60. The van der Waals surface area contributed by atoms with E-state index in [0.29, 0.717) is 29.2 Å². The molecule has 7 nitrogen and oxygen atoms in total. The molecule has 0 unspecified atom stereocenters. The first-order valence-electron chi connectivity index (χ1n) is 10.8. The minimum atomic E-state index is -0.499. The van der Waals surface area contributed by atoms with Crippen molar-refractivity contribution in [2.24, 2.45) is 23.2 Å². The molecule has 4 fully saturated rings. The Kier molecular flexibility index (Phi) is 5.97. The van der Waals surface area contributed by atoms with Gasteiger partial charge >= 0.3 is 5.97 Å². The number of hydrogen-bond acceptors (Lipinski definition) is 5. The van der Waals surface area contributed by atoms with E-state index >= 15 is 0 Å². The van der Waals surface area contributed by atoms with Gasteiger partial charge in [0.2, 0.25) is 5.91 Å². The van der Waals surface area contributed by atoms with Crippen LogP contribution in [0.2, 0.25) is 0 Å². The third-order valence-electron chi connectivity index (χ3n) is 6.85. The quantitative estimate of drug-likeness (QED) is 0.638. The molecule has 30 heavy (non-hydrogen) atoms. The van der Waals surface area contributed by atoms with E-state index in [2.05, 4.69) is 10.6 Å². The van der Waals surface area contributed by atoms with Crippen molar-refractivity contribution in [3.8, 4) is 5.75 Å². The van der Waals surface area contributed by atoms with Crippen molar-refractivity contribution in [3.63, 3.8) is 0 Å². The standard InChI is InChI=1S/C23H30N2O5/c1-29-19-4-2-3-18(10-19)25-20(26)14-30-21(27)5-6-24-22(28)23-11-15-7-16(12-23)9-17(8-15)13-23/h2-4,10,15-17H,5-9,11-14H2,1H3,(H,24,28)(H,25,26). The zero-order valence-electron chi connectivity index (χ0n) is 17.4. The van der Waals surface area contributed by atoms with E-state index in [4.69, 9.17) is 9.47 Å². The van der Waals surface area contributed by atoms with Crippen molar-refractivity contribution in [3.05, 3.63) is 24.3 Å². The van der Waals surface area contributed by atoms with E-state index in [1.807, 2.05) is 0 Å². The van der Waals surface area contributed by atoms with Crippen molar-refractivity contribution in [2.75, 3.05) is 25.6 Å². The molecule has 2 amide bonds. The van der Waals surface area contributed by atoms with Gasteiger partial charge in [-0.3, -0.25) is 14.4 Å². The maximum absolute atomic E-state index is 12.9. The van der Waals surface area contributed by atoms with Crippen LogP contribution in [0.5, 0.6) is 5.75 Å². The Bertz CT molecular complexity index is 786. The first-order valence-corrected chi connectivity index (χ1v) is 10.8. The number of benzene rings is 1. The van der Waals surface area contributed by atoms with Gasteiger partial charge < -0.3 is 20.1 Å². The van der Waals surface area contributed by atoms with E-state index in [1.54, 1.807) is 31.4 Å². The van der Waals surface area contributed by atoms with Crippen LogP contribution >= 0.6 is 0 Å². The zero-order chi connectivity index (χ0) is 21.1. The number of esters is 1. The van der Waals surface area contributed by atoms with Gasteiger partial charge in [0.05, 0.1) is 13.5 Å². The maximum Gasteiger partial charge on any atom is 0.308 e. The highest BCUT2D eigenvalue weighted by molar-refractivity contribution is 5.93. The first kappa shape index (κ1) is 20.7. The lowest BCUT2D eigenvalue weighted by Crippen LogP contribution is -2.53. The molecule has 0 radical (unpaired) electrons. The van der Waals surface area contributed by atoms with E-state index in [1.165, 1.54) is 19.3 Å². The van der Waals surface area contributed by atoms with Crippen LogP contribution < -0.4 is 15.4 Å². The molecule has 162 valence electrons. The fourth-order valence-corrected chi connectivity index (χ4v) is 5.97. The van der Waals surface area contributed by atoms with Gasteiger partial charge in [0, 0.05) is 23.7 Å². The van der Waals surface area contributed by atoms with E-state index < -0.39 is 11.9 Å². The lowest BCUT2D eigenvalue weighted by atomic mass is 9.49. The van der Waals surface area contributed by atoms with Crippen LogP contribution in [0.1, 0.15) is 44.9 Å². The molecule has 0 aromatic heterocycles. The number of amides is 2. The summed E-state index contributed by atoms with van der Waals surface area (Å²) < 4.78 is 10.1. The molecule has 0 saturated heterocycles. The third kappa shape index (κ3) is 4.60. The molecule has 4 aliphatic carbocycles. The lowest BCUT2D eigenvalue weighted by Gasteiger charge is -2.55. The van der Waals surface area contributed by atoms with Gasteiger partial charge in [-0.05, 0) is 68.4 Å². The summed E-state index contributed by atoms with van der Waals surface area (Å²) in [7, 11) is 1.55. The van der Waals surface area contributed by atoms with Crippen LogP contribution in [0.25, 0.3) is 0 Å². The Morgan fingerprint density at radius 1 is 1.07 bits per heavy atom. The van der Waals surface area contributed by atoms with Crippen molar-refractivity contribution in [1.82, 2.24) is 5.32 Å². The summed E-state index contributed by atoms with van der Waals surface area (Å²) in [5, 5.41) is 5.61. The van der Waals surface area contributed by atoms with Crippen LogP contribution in [-0.4, -0.2) is 38.0 Å². The average molecular weight is 415 g/mol. The van der Waals surface area contributed by atoms with E-state index in [0.717, 1.165) is 19.3 Å². The summed E-state index contributed by atoms with van der Waals surface area (Å²) in [6, 6.07) is 6.93. The normalized spacial score (nSPS) is 28.6. The van der Waals surface area contributed by atoms with E-state index in [9.17, 15) is 14.4 Å². The van der Waals surface area contributed by atoms with Crippen molar-refractivity contribution in [1.29, 1.82) is 0 Å². The Morgan fingerprint density at radius 2 is 1.73 bits per heavy atom. The molecule has 0 spiro atoms. The molecule has 0 atom stereocenters. The second-order valence-corrected chi connectivity index (χ2v) is 9.14. The van der Waals surface area contributed by atoms with Gasteiger partial charge in [0.15, 0.2) is 6.61 Å². The summed E-state index contributed by atoms with van der Waals surface area (Å²) >= 11 is 0. The molecule has 1 aromatic rings. The minimum absolute atomic E-state index is 0.0601. The van der Waals surface area contributed by atoms with Gasteiger partial charge in [0.25, 0.3) is 5.91 Å². The summed E-state index contributed by atoms with van der Waals surface area (Å²) in [5.74, 6) is 1.92. The van der Waals surface area contributed by atoms with Gasteiger partial charge in [-0.1, -0.05) is 6.07 Å². The number of methoxy groups -OCH3 is 1. The van der Waals surface area contributed by atoms with Crippen LogP contribution in [-0.2, 0) is 19.1 Å². The number of nitrogens with one attached hydrogen (secondary N) is 2. The fraction of sp³-hybridized carbons (Fsp3) is 0.609. The first-order chi connectivity index (χ1) is 14.5. The highest BCUT2D eigenvalue weighted by Gasteiger charge is 2.54. The van der Waals surface area contributed by atoms with Gasteiger partial charge in [-0.2, -0.15) is 0 Å². The molecular formula is C23H30N2O5. The number of carbonyl (C=O) groups is 3. The molecule has 5 rings (SSSR count). The average Bonchev–Trinajstić information content (AvgIpc) is 2.71. The Balaban J connectivity index is 1.16. The predicted molar refractivity (Wildman–Crippen MR) is 111 cm³/mol. The molecule has 2 N–H and O–H groups in total. The summed E-state index contributed by atoms with van der Waals surface area (Å²) in [5.41, 5.74) is 0.355. The smallest absolute Gasteiger partial charge is 0.308 e. The number of hydrogen-bond donors (Lipinski definition) is 2. The predicted octanol–water partition coefficient (Wildman–Crippen LogP) is 2.90. The molecule has 4 aliphatic rings. The number of ether oxygens (including phenoxy) is 2. The Hall–Kier alpha value is -2.57. The lowest BCUT2D eigenvalue weighted by molar-refractivity contribution is -0.148. The molecule has 4 saturated carbocycles. The van der Waals surface area contributed by atoms with Crippen LogP contribution in [0.15, 0.2) is 24.3 Å². The molecule has 1 aromatic carbocycles. The van der Waals surface area contributed by atoms with Gasteiger partial charge in [-0.15, -0.1) is 0 Å². The number of rotatable bonds is 8. The van der Waals surface area contributed by atoms with Gasteiger partial charge in [-0.25, -0.2) is 0 Å².